The van der Waals surface area contributed by atoms with Gasteiger partial charge in [0.05, 0.1) is 14.3 Å². The van der Waals surface area contributed by atoms with Crippen molar-refractivity contribution in [2.75, 3.05) is 0 Å². The van der Waals surface area contributed by atoms with Crippen molar-refractivity contribution in [3.05, 3.63) is 84.6 Å². The molecule has 2 N–H and O–H groups in total. The van der Waals surface area contributed by atoms with Crippen LogP contribution in [-0.2, 0) is 17.3 Å². The predicted octanol–water partition coefficient (Wildman–Crippen LogP) is 8.73. The van der Waals surface area contributed by atoms with Gasteiger partial charge >= 0.3 is 0 Å². The van der Waals surface area contributed by atoms with Crippen molar-refractivity contribution in [1.82, 2.24) is 0 Å². The summed E-state index contributed by atoms with van der Waals surface area (Å²) in [7, 11) is 0. The average molecular weight is 878 g/mol. The minimum atomic E-state index is -0.221. The lowest BCUT2D eigenvalue weighted by atomic mass is 9.72. The molecule has 6 heteroatoms. The van der Waals surface area contributed by atoms with Crippen LogP contribution in [0.5, 0.6) is 11.5 Å². The zero-order valence-electron chi connectivity index (χ0n) is 18.7. The van der Waals surface area contributed by atoms with Gasteiger partial charge in [-0.3, -0.25) is 0 Å². The molecule has 0 bridgehead atoms. The van der Waals surface area contributed by atoms with E-state index in [1.807, 2.05) is 0 Å². The topological polar surface area (TPSA) is 40.5 Å². The maximum atomic E-state index is 10.3. The first kappa shape index (κ1) is 26.8. The number of aromatic hydroxyl groups is 2. The lowest BCUT2D eigenvalue weighted by Gasteiger charge is -2.32. The van der Waals surface area contributed by atoms with Gasteiger partial charge in [-0.05, 0) is 149 Å². The number of phenols is 2. The monoisotopic (exact) mass is 878 g/mol. The van der Waals surface area contributed by atoms with Gasteiger partial charge in [0.25, 0.3) is 0 Å². The molecule has 0 saturated carbocycles. The van der Waals surface area contributed by atoms with Crippen LogP contribution in [0.1, 0.15) is 62.4 Å². The van der Waals surface area contributed by atoms with Crippen molar-refractivity contribution in [3.8, 4) is 11.5 Å². The third-order valence-corrected chi connectivity index (χ3v) is 9.61. The van der Waals surface area contributed by atoms with Crippen LogP contribution >= 0.6 is 90.4 Å². The summed E-state index contributed by atoms with van der Waals surface area (Å²) in [5.41, 5.74) is 5.78. The van der Waals surface area contributed by atoms with Crippen LogP contribution in [0.3, 0.4) is 0 Å². The minimum absolute atomic E-state index is 0.221. The van der Waals surface area contributed by atoms with Crippen molar-refractivity contribution in [3.63, 3.8) is 0 Å². The van der Waals surface area contributed by atoms with Gasteiger partial charge in [-0.25, -0.2) is 0 Å². The zero-order valence-corrected chi connectivity index (χ0v) is 27.3. The molecule has 0 atom stereocenters. The Morgan fingerprint density at radius 3 is 1.12 bits per heavy atom. The molecule has 0 spiro atoms. The van der Waals surface area contributed by atoms with Crippen LogP contribution in [0.25, 0.3) is 0 Å². The molecule has 170 valence electrons. The second-order valence-corrected chi connectivity index (χ2v) is 13.7. The fraction of sp³-hybridized carbons (Fsp3) is 0.308. The van der Waals surface area contributed by atoms with Gasteiger partial charge in [-0.1, -0.05) is 52.8 Å². The summed E-state index contributed by atoms with van der Waals surface area (Å²) in [5, 5.41) is 20.5. The highest BCUT2D eigenvalue weighted by molar-refractivity contribution is 14.1. The van der Waals surface area contributed by atoms with Gasteiger partial charge in [0.15, 0.2) is 0 Å². The maximum Gasteiger partial charge on any atom is 0.142 e. The first-order valence-electron chi connectivity index (χ1n) is 10.3. The van der Waals surface area contributed by atoms with E-state index in [9.17, 15) is 10.2 Å². The largest absolute Gasteiger partial charge is 0.506 e. The summed E-state index contributed by atoms with van der Waals surface area (Å²) in [5.74, 6) is 0.706. The van der Waals surface area contributed by atoms with E-state index in [4.69, 9.17) is 0 Å². The number of phenolic OH excluding ortho intramolecular Hbond substituents is 2. The summed E-state index contributed by atoms with van der Waals surface area (Å²) in [6.07, 6.45) is 0.961. The van der Waals surface area contributed by atoms with Crippen molar-refractivity contribution in [2.45, 2.75) is 51.9 Å². The van der Waals surface area contributed by atoms with Crippen LogP contribution in [0.2, 0.25) is 0 Å². The van der Waals surface area contributed by atoms with E-state index in [2.05, 4.69) is 167 Å². The maximum absolute atomic E-state index is 10.3. The highest BCUT2D eigenvalue weighted by Crippen LogP contribution is 2.41. The second kappa shape index (κ2) is 10.0. The Balaban J connectivity index is 2.19. The van der Waals surface area contributed by atoms with Crippen molar-refractivity contribution < 1.29 is 10.2 Å². The number of rotatable bonds is 5. The second-order valence-electron chi connectivity index (χ2n) is 9.10. The van der Waals surface area contributed by atoms with E-state index in [0.717, 1.165) is 20.7 Å². The molecule has 0 aliphatic carbocycles. The van der Waals surface area contributed by atoms with Crippen molar-refractivity contribution in [2.24, 2.45) is 0 Å². The lowest BCUT2D eigenvalue weighted by Crippen LogP contribution is -2.24. The van der Waals surface area contributed by atoms with E-state index < -0.39 is 0 Å². The number of aryl methyl sites for hydroxylation is 1. The molecule has 0 aromatic heterocycles. The normalized spacial score (nSPS) is 12.3. The Morgan fingerprint density at radius 2 is 0.844 bits per heavy atom. The molecule has 0 heterocycles. The number of hydrogen-bond donors (Lipinski definition) is 2. The summed E-state index contributed by atoms with van der Waals surface area (Å²) >= 11 is 8.83. The molecule has 32 heavy (non-hydrogen) atoms. The molecular formula is C26H26I4O2. The molecule has 3 aromatic rings. The molecular weight excluding hydrogens is 852 g/mol. The van der Waals surface area contributed by atoms with Crippen LogP contribution in [0, 0.1) is 14.3 Å². The first-order valence-corrected chi connectivity index (χ1v) is 14.6. The summed E-state index contributed by atoms with van der Waals surface area (Å²) in [6.45, 7) is 11.2. The highest BCUT2D eigenvalue weighted by atomic mass is 127. The summed E-state index contributed by atoms with van der Waals surface area (Å²) in [6, 6.07) is 15.3. The summed E-state index contributed by atoms with van der Waals surface area (Å²) < 4.78 is 3.49. The zero-order chi connectivity index (χ0) is 24.0. The standard InChI is InChI=1S/C26H26I4O2/c1-6-14-7-15(25(2,3)17-10-19(27)23(31)20(28)11-17)9-16(8-14)26(4,5)18-12-21(29)24(32)22(30)13-18/h7-13,31-32H,6H2,1-5H3. The third kappa shape index (κ3) is 5.22. The highest BCUT2D eigenvalue weighted by Gasteiger charge is 2.30. The average Bonchev–Trinajstić information content (AvgIpc) is 2.74. The number of benzene rings is 3. The van der Waals surface area contributed by atoms with E-state index >= 15 is 0 Å². The summed E-state index contributed by atoms with van der Waals surface area (Å²) in [4.78, 5) is 0. The molecule has 0 saturated heterocycles. The fourth-order valence-corrected chi connectivity index (χ4v) is 7.34. The molecule has 0 unspecified atom stereocenters. The van der Waals surface area contributed by atoms with Crippen LogP contribution in [0.4, 0.5) is 0 Å². The van der Waals surface area contributed by atoms with E-state index in [-0.39, 0.29) is 10.8 Å². The Hall–Kier alpha value is 0.180. The first-order chi connectivity index (χ1) is 14.8. The molecule has 0 aliphatic heterocycles. The van der Waals surface area contributed by atoms with E-state index in [1.54, 1.807) is 0 Å². The Morgan fingerprint density at radius 1 is 0.562 bits per heavy atom. The number of hydrogen-bond acceptors (Lipinski definition) is 2. The third-order valence-electron chi connectivity index (χ3n) is 6.32. The molecule has 3 aromatic carbocycles. The SMILES string of the molecule is CCc1cc(C(C)(C)c2cc(I)c(O)c(I)c2)cc(C(C)(C)c2cc(I)c(O)c(I)c2)c1. The minimum Gasteiger partial charge on any atom is -0.506 e. The molecule has 0 aliphatic rings. The van der Waals surface area contributed by atoms with Gasteiger partial charge in [-0.2, -0.15) is 0 Å². The predicted molar refractivity (Wildman–Crippen MR) is 167 cm³/mol. The van der Waals surface area contributed by atoms with Crippen LogP contribution < -0.4 is 0 Å². The van der Waals surface area contributed by atoms with Crippen LogP contribution in [0.15, 0.2) is 42.5 Å². The number of halogens is 4. The van der Waals surface area contributed by atoms with Crippen molar-refractivity contribution >= 4 is 90.4 Å². The Labute approximate surface area is 245 Å². The van der Waals surface area contributed by atoms with Gasteiger partial charge in [-0.15, -0.1) is 0 Å². The molecule has 0 radical (unpaired) electrons. The lowest BCUT2D eigenvalue weighted by molar-refractivity contribution is 0.466. The van der Waals surface area contributed by atoms with Gasteiger partial charge in [0.2, 0.25) is 0 Å². The Bertz CT molecular complexity index is 1050. The van der Waals surface area contributed by atoms with E-state index in [0.29, 0.717) is 11.5 Å². The van der Waals surface area contributed by atoms with E-state index in [1.165, 1.54) is 27.8 Å². The van der Waals surface area contributed by atoms with Crippen LogP contribution in [-0.4, -0.2) is 10.2 Å². The van der Waals surface area contributed by atoms with Gasteiger partial charge < -0.3 is 10.2 Å². The van der Waals surface area contributed by atoms with Gasteiger partial charge in [0, 0.05) is 10.8 Å². The molecule has 3 rings (SSSR count). The Kier molecular flexibility index (Phi) is 8.40. The smallest absolute Gasteiger partial charge is 0.142 e. The van der Waals surface area contributed by atoms with Gasteiger partial charge in [0.1, 0.15) is 11.5 Å². The van der Waals surface area contributed by atoms with Crippen molar-refractivity contribution in [1.29, 1.82) is 0 Å². The molecule has 0 fully saturated rings. The molecule has 2 nitrogen and oxygen atoms in total. The molecule has 0 amide bonds. The quantitative estimate of drug-likeness (QED) is 0.252. The fourth-order valence-electron chi connectivity index (χ4n) is 3.80.